The Morgan fingerprint density at radius 1 is 1.21 bits per heavy atom. The van der Waals surface area contributed by atoms with E-state index in [1.807, 2.05) is 33.8 Å². The fourth-order valence-corrected chi connectivity index (χ4v) is 3.19. The molecule has 1 amide bonds. The highest BCUT2D eigenvalue weighted by atomic mass is 32.1. The first-order valence-corrected chi connectivity index (χ1v) is 8.36. The number of benzene rings is 1. The second-order valence-electron chi connectivity index (χ2n) is 5.98. The highest BCUT2D eigenvalue weighted by Crippen LogP contribution is 2.23. The lowest BCUT2D eigenvalue weighted by atomic mass is 10.1. The summed E-state index contributed by atoms with van der Waals surface area (Å²) in [6.07, 6.45) is 0. The average Bonchev–Trinajstić information content (AvgIpc) is 2.94. The molecule has 2 aromatic heterocycles. The van der Waals surface area contributed by atoms with E-state index in [-0.39, 0.29) is 17.1 Å². The number of anilines is 1. The standard InChI is InChI=1S/C17H17N3O3S/c1-8(2)16-19-20-17(24-16)18-15(22)13-7-11(21)14-10(4)5-9(3)6-12(14)23-13/h5-8H,1-4H3,(H,18,20,22). The molecular weight excluding hydrogens is 326 g/mol. The number of rotatable bonds is 3. The summed E-state index contributed by atoms with van der Waals surface area (Å²) in [5.74, 6) is -0.323. The average molecular weight is 343 g/mol. The quantitative estimate of drug-likeness (QED) is 0.785. The number of hydrogen-bond donors (Lipinski definition) is 1. The normalized spacial score (nSPS) is 11.2. The molecule has 0 fully saturated rings. The van der Waals surface area contributed by atoms with Crippen LogP contribution in [0.3, 0.4) is 0 Å². The van der Waals surface area contributed by atoms with Crippen molar-refractivity contribution in [2.75, 3.05) is 5.32 Å². The van der Waals surface area contributed by atoms with Crippen LogP contribution < -0.4 is 10.7 Å². The number of nitrogens with one attached hydrogen (secondary N) is 1. The minimum absolute atomic E-state index is 0.0428. The molecule has 6 nitrogen and oxygen atoms in total. The number of hydrogen-bond acceptors (Lipinski definition) is 6. The molecule has 0 unspecified atom stereocenters. The van der Waals surface area contributed by atoms with Gasteiger partial charge in [-0.25, -0.2) is 0 Å². The third-order valence-electron chi connectivity index (χ3n) is 3.55. The van der Waals surface area contributed by atoms with Crippen LogP contribution in [0.1, 0.15) is 46.5 Å². The summed E-state index contributed by atoms with van der Waals surface area (Å²) in [5.41, 5.74) is 1.96. The first kappa shape index (κ1) is 16.3. The van der Waals surface area contributed by atoms with E-state index in [0.29, 0.717) is 16.1 Å². The summed E-state index contributed by atoms with van der Waals surface area (Å²) in [4.78, 5) is 24.7. The summed E-state index contributed by atoms with van der Waals surface area (Å²) in [6.45, 7) is 7.76. The van der Waals surface area contributed by atoms with E-state index in [1.165, 1.54) is 17.4 Å². The van der Waals surface area contributed by atoms with E-state index in [4.69, 9.17) is 4.42 Å². The molecule has 0 aliphatic heterocycles. The van der Waals surface area contributed by atoms with Crippen LogP contribution in [-0.4, -0.2) is 16.1 Å². The van der Waals surface area contributed by atoms with Gasteiger partial charge >= 0.3 is 0 Å². The van der Waals surface area contributed by atoms with Crippen molar-refractivity contribution in [3.63, 3.8) is 0 Å². The van der Waals surface area contributed by atoms with Gasteiger partial charge in [-0.2, -0.15) is 0 Å². The fourth-order valence-electron chi connectivity index (χ4n) is 2.45. The topological polar surface area (TPSA) is 85.1 Å². The van der Waals surface area contributed by atoms with Crippen molar-refractivity contribution >= 4 is 33.3 Å². The van der Waals surface area contributed by atoms with E-state index in [9.17, 15) is 9.59 Å². The lowest BCUT2D eigenvalue weighted by molar-refractivity contribution is 0.0997. The molecule has 0 aliphatic rings. The van der Waals surface area contributed by atoms with Crippen LogP contribution in [0.15, 0.2) is 27.4 Å². The first-order valence-electron chi connectivity index (χ1n) is 7.55. The smallest absolute Gasteiger partial charge is 0.293 e. The Morgan fingerprint density at radius 3 is 2.62 bits per heavy atom. The minimum Gasteiger partial charge on any atom is -0.451 e. The van der Waals surface area contributed by atoms with Gasteiger partial charge in [0, 0.05) is 12.0 Å². The predicted octanol–water partition coefficient (Wildman–Crippen LogP) is 3.64. The van der Waals surface area contributed by atoms with Crippen molar-refractivity contribution in [1.82, 2.24) is 10.2 Å². The Labute approximate surface area is 142 Å². The molecule has 2 heterocycles. The Morgan fingerprint density at radius 2 is 1.96 bits per heavy atom. The highest BCUT2D eigenvalue weighted by molar-refractivity contribution is 7.15. The van der Waals surface area contributed by atoms with Gasteiger partial charge in [0.05, 0.1) is 5.39 Å². The zero-order valence-corrected chi connectivity index (χ0v) is 14.7. The molecule has 0 saturated heterocycles. The lowest BCUT2D eigenvalue weighted by Gasteiger charge is -2.05. The van der Waals surface area contributed by atoms with E-state index in [2.05, 4.69) is 15.5 Å². The zero-order chi connectivity index (χ0) is 17.4. The third-order valence-corrected chi connectivity index (χ3v) is 4.69. The van der Waals surface area contributed by atoms with Gasteiger partial charge in [-0.3, -0.25) is 14.9 Å². The van der Waals surface area contributed by atoms with Gasteiger partial charge in [0.15, 0.2) is 11.2 Å². The van der Waals surface area contributed by atoms with Crippen LogP contribution in [0.4, 0.5) is 5.13 Å². The van der Waals surface area contributed by atoms with E-state index < -0.39 is 5.91 Å². The van der Waals surface area contributed by atoms with Crippen LogP contribution in [0, 0.1) is 13.8 Å². The minimum atomic E-state index is -0.514. The van der Waals surface area contributed by atoms with Gasteiger partial charge < -0.3 is 4.42 Å². The van der Waals surface area contributed by atoms with Gasteiger partial charge in [-0.05, 0) is 31.0 Å². The van der Waals surface area contributed by atoms with Crippen LogP contribution in [-0.2, 0) is 0 Å². The Balaban J connectivity index is 1.96. The molecule has 0 saturated carbocycles. The van der Waals surface area contributed by atoms with E-state index in [0.717, 1.165) is 16.1 Å². The molecule has 3 aromatic rings. The second-order valence-corrected chi connectivity index (χ2v) is 6.99. The van der Waals surface area contributed by atoms with Crippen molar-refractivity contribution in [2.24, 2.45) is 0 Å². The molecule has 1 N–H and O–H groups in total. The van der Waals surface area contributed by atoms with Crippen molar-refractivity contribution in [3.8, 4) is 0 Å². The number of nitrogens with zero attached hydrogens (tertiary/aromatic N) is 2. The summed E-state index contributed by atoms with van der Waals surface area (Å²) < 4.78 is 5.64. The highest BCUT2D eigenvalue weighted by Gasteiger charge is 2.16. The monoisotopic (exact) mass is 343 g/mol. The van der Waals surface area contributed by atoms with E-state index in [1.54, 1.807) is 6.07 Å². The van der Waals surface area contributed by atoms with Crippen LogP contribution in [0.2, 0.25) is 0 Å². The molecule has 124 valence electrons. The Bertz CT molecular complexity index is 988. The van der Waals surface area contributed by atoms with Crippen LogP contribution in [0.5, 0.6) is 0 Å². The van der Waals surface area contributed by atoms with Crippen molar-refractivity contribution in [3.05, 3.63) is 50.3 Å². The molecule has 7 heteroatoms. The molecule has 0 radical (unpaired) electrons. The molecule has 0 aliphatic carbocycles. The molecule has 24 heavy (non-hydrogen) atoms. The molecule has 0 atom stereocenters. The SMILES string of the molecule is Cc1cc(C)c2c(=O)cc(C(=O)Nc3nnc(C(C)C)s3)oc2c1. The summed E-state index contributed by atoms with van der Waals surface area (Å²) in [6, 6.07) is 4.88. The lowest BCUT2D eigenvalue weighted by Crippen LogP contribution is -2.15. The summed E-state index contributed by atoms with van der Waals surface area (Å²) in [7, 11) is 0. The molecule has 0 bridgehead atoms. The maximum absolute atomic E-state index is 12.4. The first-order chi connectivity index (χ1) is 11.3. The van der Waals surface area contributed by atoms with Crippen molar-refractivity contribution in [1.29, 1.82) is 0 Å². The maximum Gasteiger partial charge on any atom is 0.293 e. The number of carbonyl (C=O) groups is 1. The van der Waals surface area contributed by atoms with Gasteiger partial charge in [0.2, 0.25) is 5.13 Å². The van der Waals surface area contributed by atoms with Crippen LogP contribution >= 0.6 is 11.3 Å². The number of amides is 1. The number of carbonyl (C=O) groups excluding carboxylic acids is 1. The zero-order valence-electron chi connectivity index (χ0n) is 13.8. The maximum atomic E-state index is 12.4. The van der Waals surface area contributed by atoms with Gasteiger partial charge in [0.1, 0.15) is 10.6 Å². The Hall–Kier alpha value is -2.54. The molecular formula is C17H17N3O3S. The summed E-state index contributed by atoms with van der Waals surface area (Å²) in [5, 5.41) is 12.3. The Kier molecular flexibility index (Phi) is 4.19. The van der Waals surface area contributed by atoms with Gasteiger partial charge in [-0.15, -0.1) is 10.2 Å². The van der Waals surface area contributed by atoms with E-state index >= 15 is 0 Å². The van der Waals surface area contributed by atoms with Crippen molar-refractivity contribution in [2.45, 2.75) is 33.6 Å². The van der Waals surface area contributed by atoms with Gasteiger partial charge in [-0.1, -0.05) is 31.3 Å². The number of fused-ring (bicyclic) bond motifs is 1. The third kappa shape index (κ3) is 3.07. The summed E-state index contributed by atoms with van der Waals surface area (Å²) >= 11 is 1.30. The number of aromatic nitrogens is 2. The molecule has 3 rings (SSSR count). The van der Waals surface area contributed by atoms with Crippen molar-refractivity contribution < 1.29 is 9.21 Å². The van der Waals surface area contributed by atoms with Gasteiger partial charge in [0.25, 0.3) is 5.91 Å². The number of aryl methyl sites for hydroxylation is 2. The fraction of sp³-hybridized carbons (Fsp3) is 0.294. The van der Waals surface area contributed by atoms with Crippen LogP contribution in [0.25, 0.3) is 11.0 Å². The second kappa shape index (κ2) is 6.16. The predicted molar refractivity (Wildman–Crippen MR) is 93.9 cm³/mol. The largest absolute Gasteiger partial charge is 0.451 e. The molecule has 0 spiro atoms. The molecule has 1 aromatic carbocycles.